The number of hydrogen-bond donors (Lipinski definition) is 0. The highest BCUT2D eigenvalue weighted by molar-refractivity contribution is 7.61. The highest BCUT2D eigenvalue weighted by atomic mass is 31.2. The van der Waals surface area contributed by atoms with Crippen LogP contribution in [-0.4, -0.2) is 53.4 Å². The lowest BCUT2D eigenvalue weighted by atomic mass is 10.3. The molecule has 0 radical (unpaired) electrons. The summed E-state index contributed by atoms with van der Waals surface area (Å²) < 4.78 is 183. The van der Waals surface area contributed by atoms with Crippen molar-refractivity contribution in [1.82, 2.24) is 9.80 Å². The fourth-order valence-electron chi connectivity index (χ4n) is 2.18. The molecular formula is C13H12F13N2O2P. The van der Waals surface area contributed by atoms with Gasteiger partial charge >= 0.3 is 37.1 Å². The Morgan fingerprint density at radius 2 is 1.35 bits per heavy atom. The minimum atomic E-state index is -8.30. The van der Waals surface area contributed by atoms with Crippen LogP contribution >= 0.6 is 7.37 Å². The molecule has 0 amide bonds. The summed E-state index contributed by atoms with van der Waals surface area (Å²) in [7, 11) is -7.53. The zero-order valence-electron chi connectivity index (χ0n) is 14.9. The highest BCUT2D eigenvalue weighted by Gasteiger charge is 2.85. The number of hydrogen-bond acceptors (Lipinski definition) is 4. The van der Waals surface area contributed by atoms with Gasteiger partial charge in [0, 0.05) is 32.4 Å². The van der Waals surface area contributed by atoms with Crippen molar-refractivity contribution in [3.8, 4) is 0 Å². The molecule has 1 unspecified atom stereocenters. The Bertz CT molecular complexity index is 727. The first-order chi connectivity index (χ1) is 13.7. The molecular weight excluding hydrogens is 494 g/mol. The number of halogens is 13. The van der Waals surface area contributed by atoms with Crippen LogP contribution < -0.4 is 0 Å². The van der Waals surface area contributed by atoms with E-state index in [2.05, 4.69) is 4.52 Å². The molecule has 4 nitrogen and oxygen atoms in total. The van der Waals surface area contributed by atoms with E-state index in [1.807, 2.05) is 0 Å². The summed E-state index contributed by atoms with van der Waals surface area (Å²) in [6, 6.07) is 0. The smallest absolute Gasteiger partial charge is 0.337 e. The number of rotatable bonds is 8. The summed E-state index contributed by atoms with van der Waals surface area (Å²) >= 11 is 0. The van der Waals surface area contributed by atoms with Crippen LogP contribution in [0.1, 0.15) is 12.8 Å². The average molecular weight is 506 g/mol. The van der Waals surface area contributed by atoms with E-state index >= 15 is 0 Å². The standard InChI is InChI=1S/C13H12F13N2O2P/c1-27-5-6-28(4-2-3-7(14)8(15)16)9(27)30-31(29,12(23,24)10(17,18)19)13(25,26)11(20,21)22/h5-6,9H,2-4H2,1H3. The van der Waals surface area contributed by atoms with Gasteiger partial charge in [0.25, 0.3) is 0 Å². The summed E-state index contributed by atoms with van der Waals surface area (Å²) in [5.74, 6) is -1.92. The Morgan fingerprint density at radius 3 is 1.74 bits per heavy atom. The Hall–Kier alpha value is -1.64. The molecule has 1 rings (SSSR count). The van der Waals surface area contributed by atoms with E-state index in [0.717, 1.165) is 19.4 Å². The van der Waals surface area contributed by atoms with Gasteiger partial charge < -0.3 is 9.80 Å². The Kier molecular flexibility index (Phi) is 7.70. The largest absolute Gasteiger partial charge is 0.463 e. The van der Waals surface area contributed by atoms with Gasteiger partial charge in [0.15, 0.2) is 5.83 Å². The second kappa shape index (κ2) is 8.71. The predicted octanol–water partition coefficient (Wildman–Crippen LogP) is 6.45. The van der Waals surface area contributed by atoms with Crippen LogP contribution in [0.4, 0.5) is 57.1 Å². The number of nitrogens with zero attached hydrogens (tertiary/aromatic N) is 2. The van der Waals surface area contributed by atoms with Gasteiger partial charge in [-0.1, -0.05) is 0 Å². The molecule has 1 atom stereocenters. The number of allylic oxidation sites excluding steroid dienone is 1. The third kappa shape index (κ3) is 5.07. The van der Waals surface area contributed by atoms with Crippen molar-refractivity contribution < 1.29 is 66.2 Å². The third-order valence-corrected chi connectivity index (χ3v) is 6.28. The van der Waals surface area contributed by atoms with Crippen LogP contribution in [0.3, 0.4) is 0 Å². The first kappa shape index (κ1) is 27.4. The molecule has 0 bridgehead atoms. The minimum Gasteiger partial charge on any atom is -0.337 e. The summed E-state index contributed by atoms with van der Waals surface area (Å²) in [5.41, 5.74) is -14.3. The minimum absolute atomic E-state index is 0.398. The molecule has 0 fully saturated rings. The zero-order valence-corrected chi connectivity index (χ0v) is 15.8. The van der Waals surface area contributed by atoms with Crippen molar-refractivity contribution in [3.63, 3.8) is 0 Å². The summed E-state index contributed by atoms with van der Waals surface area (Å²) in [6.45, 7) is -0.749. The van der Waals surface area contributed by atoms with E-state index in [0.29, 0.717) is 9.80 Å². The van der Waals surface area contributed by atoms with Crippen molar-refractivity contribution in [2.75, 3.05) is 13.6 Å². The molecule has 0 aromatic heterocycles. The van der Waals surface area contributed by atoms with E-state index in [4.69, 9.17) is 0 Å². The van der Waals surface area contributed by atoms with Gasteiger partial charge in [0.05, 0.1) is 0 Å². The van der Waals surface area contributed by atoms with Gasteiger partial charge in [-0.3, -0.25) is 9.09 Å². The zero-order chi connectivity index (χ0) is 24.6. The molecule has 18 heteroatoms. The molecule has 0 aromatic rings. The lowest BCUT2D eigenvalue weighted by Gasteiger charge is -2.39. The van der Waals surface area contributed by atoms with E-state index in [1.54, 1.807) is 0 Å². The molecule has 0 aliphatic carbocycles. The first-order valence-electron chi connectivity index (χ1n) is 7.74. The molecule has 31 heavy (non-hydrogen) atoms. The van der Waals surface area contributed by atoms with Crippen molar-refractivity contribution in [2.24, 2.45) is 0 Å². The molecule has 1 aliphatic rings. The highest BCUT2D eigenvalue weighted by Crippen LogP contribution is 2.78. The predicted molar refractivity (Wildman–Crippen MR) is 77.7 cm³/mol. The summed E-state index contributed by atoms with van der Waals surface area (Å²) in [5, 5.41) is 0. The maximum atomic E-state index is 13.7. The second-order valence-corrected chi connectivity index (χ2v) is 8.47. The van der Waals surface area contributed by atoms with E-state index in [-0.39, 0.29) is 0 Å². The maximum Gasteiger partial charge on any atom is 0.463 e. The van der Waals surface area contributed by atoms with Crippen LogP contribution in [0.25, 0.3) is 0 Å². The normalized spacial score (nSPS) is 18.7. The van der Waals surface area contributed by atoms with Gasteiger partial charge in [0.2, 0.25) is 6.35 Å². The molecule has 0 N–H and O–H groups in total. The van der Waals surface area contributed by atoms with Gasteiger partial charge in [-0.05, 0) is 6.42 Å². The fraction of sp³-hybridized carbons (Fsp3) is 0.692. The van der Waals surface area contributed by atoms with Crippen LogP contribution in [-0.2, 0) is 9.09 Å². The third-order valence-electron chi connectivity index (χ3n) is 3.81. The van der Waals surface area contributed by atoms with Crippen molar-refractivity contribution >= 4 is 7.37 Å². The Morgan fingerprint density at radius 1 is 0.903 bits per heavy atom. The lowest BCUT2D eigenvalue weighted by Crippen LogP contribution is -2.51. The van der Waals surface area contributed by atoms with Crippen LogP contribution in [0.2, 0.25) is 0 Å². The van der Waals surface area contributed by atoms with Crippen LogP contribution in [0.15, 0.2) is 24.3 Å². The Balaban J connectivity index is 3.33. The molecule has 1 heterocycles. The lowest BCUT2D eigenvalue weighted by molar-refractivity contribution is -0.275. The SMILES string of the molecule is CN1C=CN(CCCC(F)=C(F)F)C1OP(=O)(C(F)(F)C(F)(F)F)C(F)(F)C(F)(F)F. The molecule has 182 valence electrons. The molecule has 0 saturated carbocycles. The second-order valence-electron chi connectivity index (χ2n) is 6.03. The van der Waals surface area contributed by atoms with Gasteiger partial charge in [-0.25, -0.2) is 4.39 Å². The number of alkyl halides is 10. The van der Waals surface area contributed by atoms with Gasteiger partial charge in [0.1, 0.15) is 0 Å². The van der Waals surface area contributed by atoms with E-state index < -0.39 is 68.7 Å². The van der Waals surface area contributed by atoms with Gasteiger partial charge in [-0.15, -0.1) is 0 Å². The average Bonchev–Trinajstić information content (AvgIpc) is 2.92. The topological polar surface area (TPSA) is 32.8 Å². The van der Waals surface area contributed by atoms with Crippen molar-refractivity contribution in [2.45, 2.75) is 42.9 Å². The summed E-state index contributed by atoms with van der Waals surface area (Å²) in [6.07, 6.45) is -19.8. The van der Waals surface area contributed by atoms with Crippen molar-refractivity contribution in [3.05, 3.63) is 24.3 Å². The quantitative estimate of drug-likeness (QED) is 0.280. The Labute approximate surface area is 165 Å². The van der Waals surface area contributed by atoms with Gasteiger partial charge in [-0.2, -0.15) is 52.7 Å². The van der Waals surface area contributed by atoms with E-state index in [9.17, 15) is 61.6 Å². The van der Waals surface area contributed by atoms with Crippen LogP contribution in [0.5, 0.6) is 0 Å². The monoisotopic (exact) mass is 506 g/mol. The van der Waals surface area contributed by atoms with E-state index in [1.165, 1.54) is 0 Å². The van der Waals surface area contributed by atoms with Crippen LogP contribution in [0, 0.1) is 0 Å². The molecule has 0 saturated heterocycles. The fourth-order valence-corrected chi connectivity index (χ4v) is 4.00. The molecule has 0 aromatic carbocycles. The molecule has 1 aliphatic heterocycles. The molecule has 0 spiro atoms. The first-order valence-corrected chi connectivity index (χ1v) is 9.36. The maximum absolute atomic E-state index is 13.7. The summed E-state index contributed by atoms with van der Waals surface area (Å²) in [4.78, 5) is 0.808. The van der Waals surface area contributed by atoms with Crippen molar-refractivity contribution in [1.29, 1.82) is 0 Å².